The van der Waals surface area contributed by atoms with E-state index in [-0.39, 0.29) is 17.8 Å². The van der Waals surface area contributed by atoms with Gasteiger partial charge in [0, 0.05) is 11.3 Å². The fourth-order valence-electron chi connectivity index (χ4n) is 3.29. The van der Waals surface area contributed by atoms with Crippen molar-refractivity contribution >= 4 is 51.6 Å². The van der Waals surface area contributed by atoms with Gasteiger partial charge < -0.3 is 19.2 Å². The first-order valence-corrected chi connectivity index (χ1v) is 10.4. The number of ether oxygens (including phenoxy) is 2. The van der Waals surface area contributed by atoms with Gasteiger partial charge in [0.05, 0.1) is 10.6 Å². The number of thiocarbonyl (C=S) groups is 1. The summed E-state index contributed by atoms with van der Waals surface area (Å²) in [6, 6.07) is 15.9. The Labute approximate surface area is 193 Å². The SMILES string of the molecule is Cc1ccc2oc(-c3cc(NC(=S)NC(=O)c4ccc5c(c4)OCO5)ccc3Cl)nc2c1. The summed E-state index contributed by atoms with van der Waals surface area (Å²) in [7, 11) is 0. The minimum Gasteiger partial charge on any atom is -0.454 e. The van der Waals surface area contributed by atoms with Gasteiger partial charge in [-0.2, -0.15) is 0 Å². The highest BCUT2D eigenvalue weighted by Crippen LogP contribution is 2.33. The second-order valence-electron chi connectivity index (χ2n) is 7.16. The van der Waals surface area contributed by atoms with Crippen LogP contribution >= 0.6 is 23.8 Å². The van der Waals surface area contributed by atoms with E-state index in [0.29, 0.717) is 44.8 Å². The maximum absolute atomic E-state index is 12.5. The Hall–Kier alpha value is -3.62. The Balaban J connectivity index is 1.33. The minimum absolute atomic E-state index is 0.133. The molecule has 4 aromatic rings. The molecular weight excluding hydrogens is 450 g/mol. The van der Waals surface area contributed by atoms with Crippen LogP contribution in [0.4, 0.5) is 5.69 Å². The molecule has 7 nitrogen and oxygen atoms in total. The van der Waals surface area contributed by atoms with Gasteiger partial charge in [0.25, 0.3) is 5.91 Å². The lowest BCUT2D eigenvalue weighted by Crippen LogP contribution is -2.34. The van der Waals surface area contributed by atoms with Gasteiger partial charge in [-0.25, -0.2) is 4.98 Å². The first kappa shape index (κ1) is 20.3. The molecule has 0 aliphatic carbocycles. The molecule has 3 aromatic carbocycles. The zero-order valence-electron chi connectivity index (χ0n) is 16.8. The number of rotatable bonds is 3. The number of hydrogen-bond donors (Lipinski definition) is 2. The van der Waals surface area contributed by atoms with Crippen LogP contribution in [0.5, 0.6) is 11.5 Å². The summed E-state index contributed by atoms with van der Waals surface area (Å²) in [5.41, 5.74) is 4.14. The van der Waals surface area contributed by atoms with Crippen molar-refractivity contribution in [1.82, 2.24) is 10.3 Å². The van der Waals surface area contributed by atoms with E-state index in [4.69, 9.17) is 37.7 Å². The standard InChI is InChI=1S/C23H16ClN3O4S/c1-12-2-6-18-17(8-12)26-22(31-18)15-10-14(4-5-16(15)24)25-23(32)27-21(28)13-3-7-19-20(9-13)30-11-29-19/h2-10H,11H2,1H3,(H2,25,27,28,32). The normalized spacial score (nSPS) is 12.1. The highest BCUT2D eigenvalue weighted by atomic mass is 35.5. The van der Waals surface area contributed by atoms with Crippen LogP contribution in [0.25, 0.3) is 22.6 Å². The van der Waals surface area contributed by atoms with Crippen LogP contribution in [0.1, 0.15) is 15.9 Å². The van der Waals surface area contributed by atoms with Gasteiger partial charge in [0.2, 0.25) is 12.7 Å². The smallest absolute Gasteiger partial charge is 0.257 e. The number of fused-ring (bicyclic) bond motifs is 2. The number of nitrogens with one attached hydrogen (secondary N) is 2. The Bertz CT molecular complexity index is 1390. The molecule has 0 bridgehead atoms. The molecule has 0 saturated carbocycles. The largest absolute Gasteiger partial charge is 0.454 e. The van der Waals surface area contributed by atoms with E-state index in [2.05, 4.69) is 15.6 Å². The Morgan fingerprint density at radius 1 is 1.06 bits per heavy atom. The van der Waals surface area contributed by atoms with Crippen molar-refractivity contribution in [2.75, 3.05) is 12.1 Å². The summed E-state index contributed by atoms with van der Waals surface area (Å²) in [4.78, 5) is 17.1. The molecule has 2 heterocycles. The predicted octanol–water partition coefficient (Wildman–Crippen LogP) is 5.31. The zero-order valence-corrected chi connectivity index (χ0v) is 18.3. The van der Waals surface area contributed by atoms with E-state index in [9.17, 15) is 4.79 Å². The molecule has 2 N–H and O–H groups in total. The number of amides is 1. The number of benzene rings is 3. The second-order valence-corrected chi connectivity index (χ2v) is 7.98. The van der Waals surface area contributed by atoms with Crippen molar-refractivity contribution in [3.8, 4) is 23.0 Å². The lowest BCUT2D eigenvalue weighted by molar-refractivity contribution is 0.0977. The third kappa shape index (κ3) is 3.98. The number of nitrogens with zero attached hydrogens (tertiary/aromatic N) is 1. The summed E-state index contributed by atoms with van der Waals surface area (Å²) in [5, 5.41) is 6.26. The number of anilines is 1. The molecule has 9 heteroatoms. The van der Waals surface area contributed by atoms with Crippen LogP contribution in [-0.2, 0) is 0 Å². The molecule has 1 aliphatic heterocycles. The summed E-state index contributed by atoms with van der Waals surface area (Å²) in [6.45, 7) is 2.13. The quantitative estimate of drug-likeness (QED) is 0.396. The average Bonchev–Trinajstić information content (AvgIpc) is 3.40. The molecule has 1 aromatic heterocycles. The summed E-state index contributed by atoms with van der Waals surface area (Å²) >= 11 is 11.7. The van der Waals surface area contributed by atoms with Crippen LogP contribution in [0.3, 0.4) is 0 Å². The fraction of sp³-hybridized carbons (Fsp3) is 0.0870. The van der Waals surface area contributed by atoms with Crippen LogP contribution in [-0.4, -0.2) is 22.8 Å². The molecule has 0 atom stereocenters. The number of halogens is 1. The average molecular weight is 466 g/mol. The summed E-state index contributed by atoms with van der Waals surface area (Å²) < 4.78 is 16.4. The lowest BCUT2D eigenvalue weighted by atomic mass is 10.2. The van der Waals surface area contributed by atoms with E-state index in [1.54, 1.807) is 36.4 Å². The number of aromatic nitrogens is 1. The van der Waals surface area contributed by atoms with Crippen molar-refractivity contribution in [3.63, 3.8) is 0 Å². The third-order valence-corrected chi connectivity index (χ3v) is 5.39. The molecule has 0 radical (unpaired) electrons. The number of carbonyl (C=O) groups excluding carboxylic acids is 1. The van der Waals surface area contributed by atoms with Crippen molar-refractivity contribution in [2.24, 2.45) is 0 Å². The van der Waals surface area contributed by atoms with Crippen molar-refractivity contribution in [2.45, 2.75) is 6.92 Å². The molecule has 32 heavy (non-hydrogen) atoms. The van der Waals surface area contributed by atoms with Crippen molar-refractivity contribution in [1.29, 1.82) is 0 Å². The second kappa shape index (κ2) is 8.14. The van der Waals surface area contributed by atoms with E-state index < -0.39 is 0 Å². The van der Waals surface area contributed by atoms with E-state index >= 15 is 0 Å². The third-order valence-electron chi connectivity index (χ3n) is 4.86. The molecule has 1 amide bonds. The van der Waals surface area contributed by atoms with E-state index in [0.717, 1.165) is 11.1 Å². The summed E-state index contributed by atoms with van der Waals surface area (Å²) in [5.74, 6) is 1.15. The molecule has 0 unspecified atom stereocenters. The van der Waals surface area contributed by atoms with Crippen LogP contribution in [0, 0.1) is 6.92 Å². The van der Waals surface area contributed by atoms with Gasteiger partial charge in [-0.15, -0.1) is 0 Å². The summed E-state index contributed by atoms with van der Waals surface area (Å²) in [6.07, 6.45) is 0. The van der Waals surface area contributed by atoms with Gasteiger partial charge in [0.1, 0.15) is 5.52 Å². The van der Waals surface area contributed by atoms with Crippen molar-refractivity contribution in [3.05, 3.63) is 70.7 Å². The monoisotopic (exact) mass is 465 g/mol. The maximum atomic E-state index is 12.5. The zero-order chi connectivity index (χ0) is 22.2. The van der Waals surface area contributed by atoms with Crippen LogP contribution < -0.4 is 20.1 Å². The van der Waals surface area contributed by atoms with Gasteiger partial charge in [-0.1, -0.05) is 17.7 Å². The Kier molecular flexibility index (Phi) is 5.16. The molecule has 0 saturated heterocycles. The van der Waals surface area contributed by atoms with Crippen molar-refractivity contribution < 1.29 is 18.7 Å². The molecule has 0 spiro atoms. The molecule has 0 fully saturated rings. The van der Waals surface area contributed by atoms with Gasteiger partial charge in [-0.3, -0.25) is 10.1 Å². The van der Waals surface area contributed by atoms with Gasteiger partial charge >= 0.3 is 0 Å². The van der Waals surface area contributed by atoms with Gasteiger partial charge in [-0.05, 0) is 73.2 Å². The first-order valence-electron chi connectivity index (χ1n) is 9.65. The number of aryl methyl sites for hydroxylation is 1. The first-order chi connectivity index (χ1) is 15.5. The van der Waals surface area contributed by atoms with E-state index in [1.165, 1.54) is 0 Å². The molecule has 160 valence electrons. The van der Waals surface area contributed by atoms with Gasteiger partial charge in [0.15, 0.2) is 22.2 Å². The highest BCUT2D eigenvalue weighted by molar-refractivity contribution is 7.80. The molecule has 5 rings (SSSR count). The molecular formula is C23H16ClN3O4S. The topological polar surface area (TPSA) is 85.6 Å². The number of hydrogen-bond acceptors (Lipinski definition) is 6. The predicted molar refractivity (Wildman–Crippen MR) is 125 cm³/mol. The highest BCUT2D eigenvalue weighted by Gasteiger charge is 2.17. The minimum atomic E-state index is -0.371. The Morgan fingerprint density at radius 2 is 1.91 bits per heavy atom. The number of carbonyl (C=O) groups is 1. The Morgan fingerprint density at radius 3 is 2.78 bits per heavy atom. The van der Waals surface area contributed by atoms with Crippen LogP contribution in [0.15, 0.2) is 59.0 Å². The number of oxazole rings is 1. The van der Waals surface area contributed by atoms with Crippen LogP contribution in [0.2, 0.25) is 5.02 Å². The fourth-order valence-corrected chi connectivity index (χ4v) is 3.70. The maximum Gasteiger partial charge on any atom is 0.257 e. The lowest BCUT2D eigenvalue weighted by Gasteiger charge is -2.11. The molecule has 1 aliphatic rings. The van der Waals surface area contributed by atoms with E-state index in [1.807, 2.05) is 25.1 Å².